The SMILES string of the molecule is O=C(N[C@H]1CCC[C@@H](Nc2ncc(Cl)c(-c3cc#cc4ccccc34)n2)C1)[C@H]1CCCN1. The lowest BCUT2D eigenvalue weighted by molar-refractivity contribution is -0.123. The molecule has 7 heteroatoms. The molecule has 6 nitrogen and oxygen atoms in total. The minimum Gasteiger partial charge on any atom is -0.352 e. The topological polar surface area (TPSA) is 78.9 Å². The van der Waals surface area contributed by atoms with Crippen molar-refractivity contribution in [3.05, 3.63) is 53.7 Å². The lowest BCUT2D eigenvalue weighted by Crippen LogP contribution is -2.48. The van der Waals surface area contributed by atoms with E-state index >= 15 is 0 Å². The monoisotopic (exact) mass is 447 g/mol. The van der Waals surface area contributed by atoms with Crippen LogP contribution in [0.2, 0.25) is 5.02 Å². The molecule has 0 radical (unpaired) electrons. The number of hydrogen-bond acceptors (Lipinski definition) is 5. The standard InChI is InChI=1S/C25H26ClN5O/c26-21-15-28-25(31-23(21)20-11-3-7-16-6-1-2-10-19(16)20)30-18-9-4-8-17(14-18)29-24(32)22-12-5-13-27-22/h1-2,6,10-11,15,17-18,22,27H,4-5,8-9,12-14H2,(H,29,32)(H,28,30,31)/t17-,18+,22+/m0/s1. The van der Waals surface area contributed by atoms with E-state index in [1.807, 2.05) is 30.3 Å². The number of benzene rings is 1. The van der Waals surface area contributed by atoms with Crippen LogP contribution in [0.5, 0.6) is 0 Å². The number of anilines is 1. The van der Waals surface area contributed by atoms with Crippen molar-refractivity contribution in [3.63, 3.8) is 0 Å². The predicted octanol–water partition coefficient (Wildman–Crippen LogP) is 4.14. The fourth-order valence-electron chi connectivity index (χ4n) is 4.76. The van der Waals surface area contributed by atoms with Gasteiger partial charge in [-0.2, -0.15) is 0 Å². The Hall–Kier alpha value is -2.88. The predicted molar refractivity (Wildman–Crippen MR) is 126 cm³/mol. The number of carbonyl (C=O) groups excluding carboxylic acids is 1. The molecule has 3 aromatic rings. The lowest BCUT2D eigenvalue weighted by atomic mass is 9.91. The van der Waals surface area contributed by atoms with E-state index in [-0.39, 0.29) is 24.0 Å². The Morgan fingerprint density at radius 3 is 2.91 bits per heavy atom. The van der Waals surface area contributed by atoms with Crippen LogP contribution in [-0.4, -0.2) is 40.5 Å². The number of carbonyl (C=O) groups is 1. The second-order valence-corrected chi connectivity index (χ2v) is 9.03. The van der Waals surface area contributed by atoms with E-state index in [0.717, 1.165) is 61.4 Å². The fraction of sp³-hybridized carbons (Fsp3) is 0.400. The van der Waals surface area contributed by atoms with Crippen LogP contribution in [-0.2, 0) is 4.79 Å². The second kappa shape index (κ2) is 9.32. The molecule has 0 unspecified atom stereocenters. The van der Waals surface area contributed by atoms with Crippen molar-refractivity contribution in [2.45, 2.75) is 56.7 Å². The highest BCUT2D eigenvalue weighted by Gasteiger charge is 2.28. The van der Waals surface area contributed by atoms with Crippen molar-refractivity contribution in [2.75, 3.05) is 11.9 Å². The molecule has 1 aliphatic heterocycles. The van der Waals surface area contributed by atoms with Gasteiger partial charge in [-0.1, -0.05) is 41.9 Å². The molecule has 1 amide bonds. The summed E-state index contributed by atoms with van der Waals surface area (Å²) in [7, 11) is 0. The summed E-state index contributed by atoms with van der Waals surface area (Å²) in [5.74, 6) is 0.679. The maximum absolute atomic E-state index is 12.5. The van der Waals surface area contributed by atoms with E-state index in [0.29, 0.717) is 16.7 Å². The number of nitrogens with zero attached hydrogens (tertiary/aromatic N) is 2. The molecule has 3 atom stereocenters. The van der Waals surface area contributed by atoms with Gasteiger partial charge in [0.25, 0.3) is 0 Å². The lowest BCUT2D eigenvalue weighted by Gasteiger charge is -2.31. The van der Waals surface area contributed by atoms with Gasteiger partial charge in [-0.25, -0.2) is 9.97 Å². The summed E-state index contributed by atoms with van der Waals surface area (Å²) in [4.78, 5) is 21.7. The Bertz CT molecular complexity index is 1110. The maximum atomic E-state index is 12.5. The van der Waals surface area contributed by atoms with Crippen LogP contribution in [0.15, 0.2) is 36.5 Å². The number of amides is 1. The van der Waals surface area contributed by atoms with Gasteiger partial charge in [0.05, 0.1) is 23.0 Å². The molecular formula is C25H26ClN5O. The number of aromatic nitrogens is 2. The molecule has 1 aromatic heterocycles. The van der Waals surface area contributed by atoms with E-state index in [1.54, 1.807) is 6.20 Å². The number of rotatable bonds is 5. The minimum atomic E-state index is -0.0414. The molecule has 3 N–H and O–H groups in total. The Labute approximate surface area is 193 Å². The number of fused-ring (bicyclic) bond motifs is 1. The summed E-state index contributed by atoms with van der Waals surface area (Å²) >= 11 is 6.49. The number of hydrogen-bond donors (Lipinski definition) is 3. The highest BCUT2D eigenvalue weighted by atomic mass is 35.5. The van der Waals surface area contributed by atoms with Gasteiger partial charge in [0.1, 0.15) is 0 Å². The van der Waals surface area contributed by atoms with Crippen LogP contribution in [0, 0.1) is 12.1 Å². The van der Waals surface area contributed by atoms with Gasteiger partial charge in [-0.05, 0) is 57.2 Å². The first-order valence-electron chi connectivity index (χ1n) is 11.3. The van der Waals surface area contributed by atoms with E-state index < -0.39 is 0 Å². The van der Waals surface area contributed by atoms with Crippen LogP contribution in [0.4, 0.5) is 5.95 Å². The van der Waals surface area contributed by atoms with Gasteiger partial charge in [-0.3, -0.25) is 4.79 Å². The van der Waals surface area contributed by atoms with E-state index in [4.69, 9.17) is 16.6 Å². The molecule has 0 bridgehead atoms. The quantitative estimate of drug-likeness (QED) is 0.547. The maximum Gasteiger partial charge on any atom is 0.237 e. The summed E-state index contributed by atoms with van der Waals surface area (Å²) in [6, 6.07) is 16.4. The molecule has 32 heavy (non-hydrogen) atoms. The molecule has 1 saturated carbocycles. The van der Waals surface area contributed by atoms with Crippen molar-refractivity contribution in [1.82, 2.24) is 20.6 Å². The molecule has 2 heterocycles. The van der Waals surface area contributed by atoms with Crippen molar-refractivity contribution < 1.29 is 4.79 Å². The Morgan fingerprint density at radius 2 is 2.03 bits per heavy atom. The summed E-state index contributed by atoms with van der Waals surface area (Å²) in [5, 5.41) is 12.5. The molecule has 5 rings (SSSR count). The van der Waals surface area contributed by atoms with Crippen LogP contribution < -0.4 is 16.0 Å². The first-order chi connectivity index (χ1) is 15.7. The highest BCUT2D eigenvalue weighted by Crippen LogP contribution is 2.31. The van der Waals surface area contributed by atoms with Gasteiger partial charge >= 0.3 is 0 Å². The molecule has 2 aliphatic rings. The average Bonchev–Trinajstić information content (AvgIpc) is 3.36. The van der Waals surface area contributed by atoms with Crippen LogP contribution >= 0.6 is 11.6 Å². The number of nitrogens with one attached hydrogen (secondary N) is 3. The van der Waals surface area contributed by atoms with Gasteiger partial charge in [-0.15, -0.1) is 0 Å². The van der Waals surface area contributed by atoms with Gasteiger partial charge in [0.2, 0.25) is 11.9 Å². The van der Waals surface area contributed by atoms with Crippen LogP contribution in [0.3, 0.4) is 0 Å². The first kappa shape index (κ1) is 21.0. The largest absolute Gasteiger partial charge is 0.352 e. The Morgan fingerprint density at radius 1 is 1.16 bits per heavy atom. The molecule has 2 fully saturated rings. The third-order valence-corrected chi connectivity index (χ3v) is 6.65. The third-order valence-electron chi connectivity index (χ3n) is 6.37. The summed E-state index contributed by atoms with van der Waals surface area (Å²) < 4.78 is 0. The zero-order valence-corrected chi connectivity index (χ0v) is 18.6. The molecule has 164 valence electrons. The van der Waals surface area contributed by atoms with E-state index in [1.165, 1.54) is 0 Å². The van der Waals surface area contributed by atoms with Crippen molar-refractivity contribution >= 4 is 34.2 Å². The summed E-state index contributed by atoms with van der Waals surface area (Å²) in [6.07, 6.45) is 7.57. The first-order valence-corrected chi connectivity index (χ1v) is 11.7. The molecule has 2 aromatic carbocycles. The Balaban J connectivity index is 1.31. The second-order valence-electron chi connectivity index (χ2n) is 8.63. The zero-order chi connectivity index (χ0) is 21.9. The average molecular weight is 448 g/mol. The normalized spacial score (nSPS) is 23.0. The molecule has 1 saturated heterocycles. The van der Waals surface area contributed by atoms with E-state index in [9.17, 15) is 4.79 Å². The Kier molecular flexibility index (Phi) is 6.11. The van der Waals surface area contributed by atoms with Gasteiger partial charge in [0, 0.05) is 28.4 Å². The highest BCUT2D eigenvalue weighted by molar-refractivity contribution is 6.33. The number of halogens is 1. The van der Waals surface area contributed by atoms with Gasteiger partial charge < -0.3 is 16.0 Å². The third kappa shape index (κ3) is 4.50. The molecular weight excluding hydrogens is 422 g/mol. The summed E-state index contributed by atoms with van der Waals surface area (Å²) in [5.41, 5.74) is 1.59. The van der Waals surface area contributed by atoms with Crippen LogP contribution in [0.25, 0.3) is 22.0 Å². The zero-order valence-electron chi connectivity index (χ0n) is 17.8. The minimum absolute atomic E-state index is 0.0414. The van der Waals surface area contributed by atoms with Crippen molar-refractivity contribution in [2.24, 2.45) is 0 Å². The fourth-order valence-corrected chi connectivity index (χ4v) is 4.95. The van der Waals surface area contributed by atoms with Crippen molar-refractivity contribution in [3.8, 4) is 11.3 Å². The van der Waals surface area contributed by atoms with Crippen molar-refractivity contribution in [1.29, 1.82) is 0 Å². The smallest absolute Gasteiger partial charge is 0.237 e. The van der Waals surface area contributed by atoms with Crippen LogP contribution in [0.1, 0.15) is 38.5 Å². The van der Waals surface area contributed by atoms with E-state index in [2.05, 4.69) is 33.1 Å². The van der Waals surface area contributed by atoms with Gasteiger partial charge in [0.15, 0.2) is 0 Å². The summed E-state index contributed by atoms with van der Waals surface area (Å²) in [6.45, 7) is 0.926. The molecule has 1 aliphatic carbocycles. The molecule has 0 spiro atoms.